The summed E-state index contributed by atoms with van der Waals surface area (Å²) in [4.78, 5) is 117. The lowest BCUT2D eigenvalue weighted by Gasteiger charge is -2.47. The quantitative estimate of drug-likeness (QED) is 0.0216. The first-order chi connectivity index (χ1) is 41.6. The summed E-state index contributed by atoms with van der Waals surface area (Å²) < 4.78 is 47.5. The minimum atomic E-state index is -2.93. The monoisotopic (exact) mass is 1270 g/mol. The predicted molar refractivity (Wildman–Crippen MR) is 340 cm³/mol. The third-order valence-electron chi connectivity index (χ3n) is 16.6. The number of aliphatic carboxylic acids is 1. The van der Waals surface area contributed by atoms with Gasteiger partial charge in [-0.1, -0.05) is 132 Å². The average molecular weight is 1270 g/mol. The lowest BCUT2D eigenvalue weighted by Crippen LogP contribution is -2.62. The normalized spacial score (nSPS) is 17.1. The zero-order valence-electron chi connectivity index (χ0n) is 56.7. The molecule has 22 nitrogen and oxygen atoms in total. The van der Waals surface area contributed by atoms with E-state index in [4.69, 9.17) is 37.6 Å². The van der Waals surface area contributed by atoms with Crippen molar-refractivity contribution in [2.75, 3.05) is 34.6 Å². The van der Waals surface area contributed by atoms with Gasteiger partial charge in [-0.15, -0.1) is 0 Å². The van der Waals surface area contributed by atoms with Gasteiger partial charge in [-0.25, -0.2) is 14.4 Å². The average Bonchev–Trinajstić information content (AvgIpc) is 1.53. The van der Waals surface area contributed by atoms with Crippen molar-refractivity contribution in [1.29, 1.82) is 0 Å². The number of benzene rings is 2. The molecule has 0 bridgehead atoms. The molecule has 2 aromatic carbocycles. The second-order valence-corrected chi connectivity index (χ2v) is 31.7. The Hall–Kier alpha value is -6.30. The summed E-state index contributed by atoms with van der Waals surface area (Å²) in [5, 5.41) is 18.6. The summed E-state index contributed by atoms with van der Waals surface area (Å²) in [6, 6.07) is 9.91. The van der Waals surface area contributed by atoms with Crippen LogP contribution < -0.4 is 20.7 Å². The van der Waals surface area contributed by atoms with Crippen LogP contribution in [0.3, 0.4) is 0 Å². The fraction of sp³-hybridized carbons (Fsp3) is 0.697. The first kappa shape index (κ1) is 76.9. The SMILES string of the molecule is CC[C@H](C)[C@@H](NC(=O)[C@@H](NC(=O)OC(C)(C)C)[C@@H](C)OC(=O)[C@H](Cc1ccc(OC)cc1)N(C)C(=O)[C@@H]1CCCN1C(=O)[C@H](CC(C)C)NC(=O)OCc1ccccc1)[C@H](CC(=O)O[C@@H](C(C)C)[C@@H](OCOC)[C@H](C)C(=O)O)O[Si](C(C)C)(C(C)C)C(C)C. The van der Waals surface area contributed by atoms with E-state index in [1.54, 1.807) is 58.9 Å². The molecule has 0 radical (unpaired) electrons. The topological polar surface area (TPSA) is 273 Å². The van der Waals surface area contributed by atoms with E-state index in [0.29, 0.717) is 24.2 Å². The van der Waals surface area contributed by atoms with E-state index >= 15 is 14.4 Å². The minimum absolute atomic E-state index is 0.00927. The molecule has 11 atom stereocenters. The maximum atomic E-state index is 15.4. The molecule has 1 heterocycles. The molecule has 2 aromatic rings. The fourth-order valence-electron chi connectivity index (χ4n) is 11.8. The highest BCUT2D eigenvalue weighted by Crippen LogP contribution is 2.44. The number of esters is 2. The van der Waals surface area contributed by atoms with Crippen molar-refractivity contribution in [2.45, 2.75) is 240 Å². The number of carbonyl (C=O) groups excluding carboxylic acids is 7. The van der Waals surface area contributed by atoms with E-state index in [1.807, 2.05) is 58.0 Å². The zero-order chi connectivity index (χ0) is 67.2. The molecule has 4 N–H and O–H groups in total. The molecule has 5 amide bonds. The number of carbonyl (C=O) groups is 8. The summed E-state index contributed by atoms with van der Waals surface area (Å²) in [6.45, 7) is 31.5. The van der Waals surface area contributed by atoms with Crippen LogP contribution >= 0.6 is 0 Å². The molecular weight excluding hydrogens is 1160 g/mol. The number of alkyl carbamates (subject to hydrolysis) is 2. The van der Waals surface area contributed by atoms with Crippen molar-refractivity contribution in [3.8, 4) is 5.75 Å². The van der Waals surface area contributed by atoms with Gasteiger partial charge in [0.2, 0.25) is 26.0 Å². The first-order valence-corrected chi connectivity index (χ1v) is 33.7. The van der Waals surface area contributed by atoms with Crippen molar-refractivity contribution in [3.05, 3.63) is 65.7 Å². The largest absolute Gasteiger partial charge is 0.497 e. The van der Waals surface area contributed by atoms with Gasteiger partial charge in [-0.05, 0) is 112 Å². The molecular formula is C66H107N5O17Si. The standard InChI is InChI=1S/C66H107N5O17Si/c1-21-44(12)55(53(88-89(41(6)7,42(8)9)43(10)11)36-54(72)86-57(40(4)5)58(84-38-81-19)45(13)62(76)77)68-59(73)56(69-65(80)87-66(15,16)17)46(14)85-63(78)52(35-47-29-31-49(82-20)32-30-47)70(18)61(75)51-28-25-33-71(51)60(74)50(34-39(2)3)67-64(79)83-37-48-26-23-22-24-27-48/h22-24,26-27,29-32,39-46,50-53,55-58H,21,25,28,33-38H2,1-20H3,(H,67,79)(H,68,73)(H,69,80)(H,76,77)/t44-,45-,46+,50-,51-,52-,53-,55+,56-,57-,58-/m0/s1. The number of hydrogen-bond acceptors (Lipinski definition) is 16. The molecule has 89 heavy (non-hydrogen) atoms. The molecule has 1 fully saturated rings. The molecule has 0 unspecified atom stereocenters. The van der Waals surface area contributed by atoms with E-state index in [1.165, 1.54) is 44.9 Å². The number of nitrogens with one attached hydrogen (secondary N) is 3. The number of ether oxygens (including phenoxy) is 7. The summed E-state index contributed by atoms with van der Waals surface area (Å²) in [6.07, 6.45) is -5.52. The van der Waals surface area contributed by atoms with Gasteiger partial charge < -0.3 is 68.4 Å². The number of rotatable bonds is 35. The van der Waals surface area contributed by atoms with Crippen LogP contribution in [0.15, 0.2) is 54.6 Å². The van der Waals surface area contributed by atoms with E-state index in [2.05, 4.69) is 57.5 Å². The lowest BCUT2D eigenvalue weighted by molar-refractivity contribution is -0.185. The van der Waals surface area contributed by atoms with E-state index in [0.717, 1.165) is 5.56 Å². The summed E-state index contributed by atoms with van der Waals surface area (Å²) in [5.41, 5.74) is 0.355. The Morgan fingerprint density at radius 2 is 1.37 bits per heavy atom. The van der Waals surface area contributed by atoms with Crippen LogP contribution in [-0.2, 0) is 74.6 Å². The van der Waals surface area contributed by atoms with Gasteiger partial charge in [-0.3, -0.25) is 24.0 Å². The van der Waals surface area contributed by atoms with Crippen LogP contribution in [-0.4, -0.2) is 166 Å². The second kappa shape index (κ2) is 35.9. The first-order valence-electron chi connectivity index (χ1n) is 31.5. The van der Waals surface area contributed by atoms with E-state index in [9.17, 15) is 29.1 Å². The number of methoxy groups -OCH3 is 2. The summed E-state index contributed by atoms with van der Waals surface area (Å²) in [7, 11) is 1.42. The summed E-state index contributed by atoms with van der Waals surface area (Å²) >= 11 is 0. The van der Waals surface area contributed by atoms with E-state index in [-0.39, 0.29) is 68.2 Å². The lowest BCUT2D eigenvalue weighted by atomic mass is 9.91. The molecule has 1 aliphatic heterocycles. The van der Waals surface area contributed by atoms with Gasteiger partial charge in [-0.2, -0.15) is 0 Å². The minimum Gasteiger partial charge on any atom is -0.497 e. The Labute approximate surface area is 530 Å². The van der Waals surface area contributed by atoms with Crippen LogP contribution in [0.5, 0.6) is 5.75 Å². The highest BCUT2D eigenvalue weighted by atomic mass is 28.4. The van der Waals surface area contributed by atoms with Crippen LogP contribution in [0.25, 0.3) is 0 Å². The van der Waals surface area contributed by atoms with Crippen LogP contribution in [0.2, 0.25) is 16.6 Å². The molecule has 23 heteroatoms. The Morgan fingerprint density at radius 3 is 1.89 bits per heavy atom. The van der Waals surface area contributed by atoms with Crippen LogP contribution in [0.1, 0.15) is 161 Å². The maximum Gasteiger partial charge on any atom is 0.408 e. The Kier molecular flexibility index (Phi) is 31.1. The molecule has 0 spiro atoms. The molecule has 0 aliphatic carbocycles. The van der Waals surface area contributed by atoms with Crippen molar-refractivity contribution in [1.82, 2.24) is 25.8 Å². The Balaban J connectivity index is 2.16. The molecule has 502 valence electrons. The predicted octanol–water partition coefficient (Wildman–Crippen LogP) is 9.98. The number of likely N-dealkylation sites (N-methyl/N-ethyl adjacent to an activating group) is 1. The third-order valence-corrected chi connectivity index (χ3v) is 22.8. The van der Waals surface area contributed by atoms with Gasteiger partial charge in [0.05, 0.1) is 31.6 Å². The van der Waals surface area contributed by atoms with Crippen molar-refractivity contribution >= 4 is 56.1 Å². The van der Waals surface area contributed by atoms with Gasteiger partial charge in [0.25, 0.3) is 0 Å². The smallest absolute Gasteiger partial charge is 0.408 e. The Bertz CT molecular complexity index is 2560. The number of likely N-dealkylation sites (tertiary alicyclic amines) is 1. The van der Waals surface area contributed by atoms with Crippen molar-refractivity contribution in [2.24, 2.45) is 23.7 Å². The highest BCUT2D eigenvalue weighted by Gasteiger charge is 2.50. The molecule has 3 rings (SSSR count). The number of hydrogen-bond donors (Lipinski definition) is 4. The molecule has 0 aromatic heterocycles. The molecule has 0 saturated carbocycles. The van der Waals surface area contributed by atoms with Gasteiger partial charge in [0.1, 0.15) is 67.2 Å². The van der Waals surface area contributed by atoms with Crippen LogP contribution in [0, 0.1) is 23.7 Å². The Morgan fingerprint density at radius 1 is 0.764 bits per heavy atom. The van der Waals surface area contributed by atoms with Gasteiger partial charge >= 0.3 is 30.1 Å². The van der Waals surface area contributed by atoms with Gasteiger partial charge in [0.15, 0.2) is 0 Å². The maximum absolute atomic E-state index is 15.4. The molecule has 1 saturated heterocycles. The number of carboxylic acid groups (broad SMARTS) is 1. The number of carboxylic acids is 1. The van der Waals surface area contributed by atoms with E-state index < -0.39 is 134 Å². The van der Waals surface area contributed by atoms with Crippen LogP contribution in [0.4, 0.5) is 9.59 Å². The number of nitrogens with zero attached hydrogens (tertiary/aromatic N) is 2. The highest BCUT2D eigenvalue weighted by molar-refractivity contribution is 6.77. The zero-order valence-corrected chi connectivity index (χ0v) is 57.7. The summed E-state index contributed by atoms with van der Waals surface area (Å²) in [5.74, 6) is -6.14. The fourth-order valence-corrected chi connectivity index (χ4v) is 17.3. The van der Waals surface area contributed by atoms with Crippen molar-refractivity contribution in [3.63, 3.8) is 0 Å². The van der Waals surface area contributed by atoms with Gasteiger partial charge in [0, 0.05) is 27.1 Å². The molecule has 1 aliphatic rings. The number of amides is 5. The van der Waals surface area contributed by atoms with Crippen molar-refractivity contribution < 1.29 is 81.0 Å². The second-order valence-electron chi connectivity index (χ2n) is 26.3. The third kappa shape index (κ3) is 22.8.